The predicted octanol–water partition coefficient (Wildman–Crippen LogP) is 3.87. The van der Waals surface area contributed by atoms with Crippen LogP contribution in [0.1, 0.15) is 5.56 Å². The first-order chi connectivity index (χ1) is 9.02. The Bertz CT molecular complexity index is 604. The summed E-state index contributed by atoms with van der Waals surface area (Å²) in [6, 6.07) is 5.52. The molecule has 19 heavy (non-hydrogen) atoms. The predicted molar refractivity (Wildman–Crippen MR) is 77.8 cm³/mol. The van der Waals surface area contributed by atoms with Gasteiger partial charge < -0.3 is 9.64 Å². The molecular formula is C13H13Cl2N3O. The summed E-state index contributed by atoms with van der Waals surface area (Å²) in [5.74, 6) is 1.35. The van der Waals surface area contributed by atoms with E-state index in [2.05, 4.69) is 9.97 Å². The molecule has 0 fully saturated rings. The Morgan fingerprint density at radius 3 is 2.68 bits per heavy atom. The minimum atomic E-state index is 0.216. The van der Waals surface area contributed by atoms with Crippen LogP contribution in [0, 0.1) is 6.92 Å². The Morgan fingerprint density at radius 2 is 2.00 bits per heavy atom. The number of methoxy groups -OCH3 is 1. The standard InChI is InChI=1S/C13H13Cl2N3O/c1-8-7-16-13(15)17-12(8)18(2)9-4-5-10(14)11(6-9)19-3/h4-7H,1-3H3. The molecule has 1 aromatic heterocycles. The third-order valence-corrected chi connectivity index (χ3v) is 3.25. The normalized spacial score (nSPS) is 10.4. The van der Waals surface area contributed by atoms with Crippen molar-refractivity contribution >= 4 is 34.7 Å². The first-order valence-electron chi connectivity index (χ1n) is 5.59. The van der Waals surface area contributed by atoms with Gasteiger partial charge in [0.25, 0.3) is 0 Å². The van der Waals surface area contributed by atoms with Crippen molar-refractivity contribution in [2.24, 2.45) is 0 Å². The van der Waals surface area contributed by atoms with Crippen LogP contribution < -0.4 is 9.64 Å². The maximum Gasteiger partial charge on any atom is 0.224 e. The molecule has 0 aliphatic rings. The van der Waals surface area contributed by atoms with Gasteiger partial charge in [0, 0.05) is 30.6 Å². The number of aromatic nitrogens is 2. The second-order valence-corrected chi connectivity index (χ2v) is 4.77. The zero-order valence-corrected chi connectivity index (χ0v) is 12.3. The van der Waals surface area contributed by atoms with Gasteiger partial charge in [0.15, 0.2) is 0 Å². The van der Waals surface area contributed by atoms with E-state index in [4.69, 9.17) is 27.9 Å². The lowest BCUT2D eigenvalue weighted by molar-refractivity contribution is 0.415. The van der Waals surface area contributed by atoms with Gasteiger partial charge in [0.2, 0.25) is 5.28 Å². The fourth-order valence-electron chi connectivity index (χ4n) is 1.73. The summed E-state index contributed by atoms with van der Waals surface area (Å²) >= 11 is 11.9. The van der Waals surface area contributed by atoms with Gasteiger partial charge in [-0.3, -0.25) is 0 Å². The number of halogens is 2. The molecule has 0 saturated heterocycles. The summed E-state index contributed by atoms with van der Waals surface area (Å²) in [4.78, 5) is 10.1. The number of ether oxygens (including phenoxy) is 1. The minimum absolute atomic E-state index is 0.216. The molecule has 4 nitrogen and oxygen atoms in total. The molecular weight excluding hydrogens is 285 g/mol. The van der Waals surface area contributed by atoms with E-state index in [1.165, 1.54) is 0 Å². The Labute approximate surface area is 122 Å². The molecule has 6 heteroatoms. The first kappa shape index (κ1) is 13.9. The molecule has 0 N–H and O–H groups in total. The highest BCUT2D eigenvalue weighted by atomic mass is 35.5. The summed E-state index contributed by atoms with van der Waals surface area (Å²) < 4.78 is 5.21. The lowest BCUT2D eigenvalue weighted by Gasteiger charge is -2.21. The maximum atomic E-state index is 6.01. The Kier molecular flexibility index (Phi) is 4.12. The van der Waals surface area contributed by atoms with Gasteiger partial charge in [-0.25, -0.2) is 4.98 Å². The average molecular weight is 298 g/mol. The van der Waals surface area contributed by atoms with Crippen LogP contribution >= 0.6 is 23.2 Å². The molecule has 0 saturated carbocycles. The maximum absolute atomic E-state index is 6.01. The fourth-order valence-corrected chi connectivity index (χ4v) is 2.05. The van der Waals surface area contributed by atoms with Crippen molar-refractivity contribution in [3.8, 4) is 5.75 Å². The van der Waals surface area contributed by atoms with Crippen LogP contribution in [0.4, 0.5) is 11.5 Å². The van der Waals surface area contributed by atoms with Crippen molar-refractivity contribution in [2.45, 2.75) is 6.92 Å². The monoisotopic (exact) mass is 297 g/mol. The molecule has 100 valence electrons. The van der Waals surface area contributed by atoms with E-state index in [9.17, 15) is 0 Å². The van der Waals surface area contributed by atoms with Crippen molar-refractivity contribution in [3.05, 3.63) is 40.3 Å². The van der Waals surface area contributed by atoms with Gasteiger partial charge in [-0.2, -0.15) is 4.98 Å². The third kappa shape index (κ3) is 2.91. The molecule has 0 unspecified atom stereocenters. The molecule has 1 aromatic carbocycles. The van der Waals surface area contributed by atoms with Gasteiger partial charge in [0.1, 0.15) is 11.6 Å². The second-order valence-electron chi connectivity index (χ2n) is 4.02. The van der Waals surface area contributed by atoms with Gasteiger partial charge in [-0.1, -0.05) is 11.6 Å². The SMILES string of the molecule is COc1cc(N(C)c2nc(Cl)ncc2C)ccc1Cl. The lowest BCUT2D eigenvalue weighted by atomic mass is 10.2. The van der Waals surface area contributed by atoms with E-state index < -0.39 is 0 Å². The van der Waals surface area contributed by atoms with Crippen molar-refractivity contribution in [3.63, 3.8) is 0 Å². The number of hydrogen-bond donors (Lipinski definition) is 0. The number of anilines is 2. The zero-order valence-electron chi connectivity index (χ0n) is 10.8. The molecule has 0 radical (unpaired) electrons. The van der Waals surface area contributed by atoms with Crippen molar-refractivity contribution < 1.29 is 4.74 Å². The van der Waals surface area contributed by atoms with Crippen LogP contribution in [0.3, 0.4) is 0 Å². The molecule has 0 aliphatic carbocycles. The smallest absolute Gasteiger partial charge is 0.224 e. The third-order valence-electron chi connectivity index (χ3n) is 2.76. The molecule has 0 amide bonds. The van der Waals surface area contributed by atoms with Gasteiger partial charge >= 0.3 is 0 Å². The first-order valence-corrected chi connectivity index (χ1v) is 6.35. The summed E-state index contributed by atoms with van der Waals surface area (Å²) in [5.41, 5.74) is 1.83. The van der Waals surface area contributed by atoms with Crippen LogP contribution in [0.15, 0.2) is 24.4 Å². The largest absolute Gasteiger partial charge is 0.495 e. The fraction of sp³-hybridized carbons (Fsp3) is 0.231. The minimum Gasteiger partial charge on any atom is -0.495 e. The summed E-state index contributed by atoms with van der Waals surface area (Å²) in [5, 5.41) is 0.783. The molecule has 1 heterocycles. The lowest BCUT2D eigenvalue weighted by Crippen LogP contribution is -2.13. The van der Waals surface area contributed by atoms with E-state index in [0.717, 1.165) is 17.1 Å². The van der Waals surface area contributed by atoms with Crippen LogP contribution in [-0.4, -0.2) is 24.1 Å². The van der Waals surface area contributed by atoms with Gasteiger partial charge in [-0.05, 0) is 30.7 Å². The van der Waals surface area contributed by atoms with Crippen molar-refractivity contribution in [1.29, 1.82) is 0 Å². The molecule has 0 atom stereocenters. The quantitative estimate of drug-likeness (QED) is 0.806. The Hall–Kier alpha value is -1.52. The number of rotatable bonds is 3. The van der Waals surface area contributed by atoms with Crippen LogP contribution in [0.2, 0.25) is 10.3 Å². The highest BCUT2D eigenvalue weighted by Gasteiger charge is 2.12. The van der Waals surface area contributed by atoms with Crippen LogP contribution in [0.5, 0.6) is 5.75 Å². The highest BCUT2D eigenvalue weighted by molar-refractivity contribution is 6.32. The average Bonchev–Trinajstić information content (AvgIpc) is 2.41. The second kappa shape index (κ2) is 5.63. The highest BCUT2D eigenvalue weighted by Crippen LogP contribution is 2.32. The Balaban J connectivity index is 2.43. The van der Waals surface area contributed by atoms with E-state index in [1.54, 1.807) is 19.4 Å². The molecule has 2 aromatic rings. The van der Waals surface area contributed by atoms with Crippen LogP contribution in [-0.2, 0) is 0 Å². The number of hydrogen-bond acceptors (Lipinski definition) is 4. The van der Waals surface area contributed by atoms with Crippen molar-refractivity contribution in [2.75, 3.05) is 19.1 Å². The number of nitrogens with zero attached hydrogens (tertiary/aromatic N) is 3. The summed E-state index contributed by atoms with van der Waals surface area (Å²) in [7, 11) is 3.48. The topological polar surface area (TPSA) is 38.2 Å². The molecule has 0 aliphatic heterocycles. The summed E-state index contributed by atoms with van der Waals surface area (Å²) in [6.45, 7) is 1.93. The molecule has 0 spiro atoms. The van der Waals surface area contributed by atoms with Crippen LogP contribution in [0.25, 0.3) is 0 Å². The number of benzene rings is 1. The van der Waals surface area contributed by atoms with E-state index in [1.807, 2.05) is 31.0 Å². The zero-order chi connectivity index (χ0) is 14.0. The Morgan fingerprint density at radius 1 is 1.26 bits per heavy atom. The van der Waals surface area contributed by atoms with E-state index in [-0.39, 0.29) is 5.28 Å². The molecule has 2 rings (SSSR count). The van der Waals surface area contributed by atoms with E-state index >= 15 is 0 Å². The summed E-state index contributed by atoms with van der Waals surface area (Å²) in [6.07, 6.45) is 1.69. The van der Waals surface area contributed by atoms with E-state index in [0.29, 0.717) is 10.8 Å². The van der Waals surface area contributed by atoms with Gasteiger partial charge in [-0.15, -0.1) is 0 Å². The molecule has 0 bridgehead atoms. The van der Waals surface area contributed by atoms with Crippen molar-refractivity contribution in [1.82, 2.24) is 9.97 Å². The van der Waals surface area contributed by atoms with Gasteiger partial charge in [0.05, 0.1) is 12.1 Å². The number of aryl methyl sites for hydroxylation is 1.